The first-order valence-corrected chi connectivity index (χ1v) is 13.5. The number of methoxy groups -OCH3 is 1. The summed E-state index contributed by atoms with van der Waals surface area (Å²) in [5, 5.41) is 3.28. The molecule has 0 saturated carbocycles. The molecule has 4 aromatic rings. The third kappa shape index (κ3) is 7.73. The largest absolute Gasteiger partial charge is 0.466 e. The molecule has 4 aromatic carbocycles. The number of nitrogens with one attached hydrogen (secondary N) is 1. The van der Waals surface area contributed by atoms with E-state index in [-0.39, 0.29) is 0 Å². The Morgan fingerprint density at radius 3 is 1.89 bits per heavy atom. The molecule has 0 spiro atoms. The van der Waals surface area contributed by atoms with Crippen molar-refractivity contribution < 1.29 is 19.0 Å². The average Bonchev–Trinajstić information content (AvgIpc) is 2.91. The van der Waals surface area contributed by atoms with Crippen LogP contribution in [-0.4, -0.2) is 13.1 Å². The van der Waals surface area contributed by atoms with Gasteiger partial charge < -0.3 is 25.3 Å². The highest BCUT2D eigenvalue weighted by Crippen LogP contribution is 2.46. The summed E-state index contributed by atoms with van der Waals surface area (Å²) >= 11 is 0. The number of hydrogen-bond acceptors (Lipinski definition) is 8. The summed E-state index contributed by atoms with van der Waals surface area (Å²) in [6.07, 6.45) is 1.40. The maximum absolute atomic E-state index is 11.7. The molecule has 0 unspecified atom stereocenters. The van der Waals surface area contributed by atoms with Crippen molar-refractivity contribution in [2.75, 3.05) is 18.2 Å². The molecule has 4 rings (SSSR count). The van der Waals surface area contributed by atoms with Crippen molar-refractivity contribution in [3.05, 3.63) is 109 Å². The molecule has 0 aliphatic rings. The predicted octanol–water partition coefficient (Wildman–Crippen LogP) is 8.14. The Hall–Kier alpha value is -4.01. The summed E-state index contributed by atoms with van der Waals surface area (Å²) < 4.78 is 16.7. The number of carbonyl (C=O) groups is 1. The van der Waals surface area contributed by atoms with Crippen LogP contribution in [0.1, 0.15) is 6.92 Å². The molecule has 8 heteroatoms. The van der Waals surface area contributed by atoms with Gasteiger partial charge in [-0.3, -0.25) is 0 Å². The number of carbonyl (C=O) groups excluding carboxylic acids is 1. The molecule has 0 radical (unpaired) electrons. The Morgan fingerprint density at radius 2 is 1.30 bits per heavy atom. The lowest BCUT2D eigenvalue weighted by molar-refractivity contribution is -0.134. The topological polar surface area (TPSA) is 82.8 Å². The highest BCUT2D eigenvalue weighted by atomic mass is 33.1. The molecule has 0 atom stereocenters. The van der Waals surface area contributed by atoms with Crippen molar-refractivity contribution in [1.82, 2.24) is 0 Å². The van der Waals surface area contributed by atoms with E-state index in [0.717, 1.165) is 27.0 Å². The summed E-state index contributed by atoms with van der Waals surface area (Å²) in [4.78, 5) is 13.4. The minimum atomic E-state index is -0.430. The number of para-hydroxylation sites is 2. The Balaban J connectivity index is 1.57. The number of allylic oxidation sites excluding steroid dienone is 1. The maximum Gasteiger partial charge on any atom is 0.332 e. The fourth-order valence-electron chi connectivity index (χ4n) is 3.21. The van der Waals surface area contributed by atoms with Gasteiger partial charge in [0.2, 0.25) is 0 Å². The second-order valence-corrected chi connectivity index (χ2v) is 10.0. The first-order chi connectivity index (χ1) is 18.0. The molecule has 0 aromatic heterocycles. The van der Waals surface area contributed by atoms with Crippen molar-refractivity contribution >= 4 is 38.9 Å². The van der Waals surface area contributed by atoms with Gasteiger partial charge in [-0.25, -0.2) is 4.79 Å². The van der Waals surface area contributed by atoms with Crippen LogP contribution in [0.4, 0.5) is 11.4 Å². The van der Waals surface area contributed by atoms with Crippen LogP contribution in [0.5, 0.6) is 23.0 Å². The molecule has 3 N–H and O–H groups in total. The highest BCUT2D eigenvalue weighted by molar-refractivity contribution is 8.76. The lowest BCUT2D eigenvalue weighted by Crippen LogP contribution is -2.02. The quantitative estimate of drug-likeness (QED) is 0.0920. The summed E-state index contributed by atoms with van der Waals surface area (Å²) in [5.74, 6) is 2.44. The molecule has 0 saturated heterocycles. The molecule has 0 bridgehead atoms. The monoisotopic (exact) mass is 530 g/mol. The fourth-order valence-corrected chi connectivity index (χ4v) is 5.48. The number of nitrogen functional groups attached to an aromatic ring is 1. The third-order valence-electron chi connectivity index (χ3n) is 4.98. The third-order valence-corrected chi connectivity index (χ3v) is 7.45. The van der Waals surface area contributed by atoms with Crippen molar-refractivity contribution in [2.24, 2.45) is 0 Å². The standard InChI is InChI=1S/C29H26N2O4S2/c1-20(17-29(32)33-2)31-26-16-14-24(35-22-11-7-4-8-12-22)19-28(26)37-36-27-18-23(13-15-25(27)30)34-21-9-5-3-6-10-21/h3-19,31H,30H2,1-2H3/b20-17+. The molecule has 188 valence electrons. The van der Waals surface area contributed by atoms with Crippen LogP contribution in [0.3, 0.4) is 0 Å². The van der Waals surface area contributed by atoms with Crippen LogP contribution in [-0.2, 0) is 9.53 Å². The molecule has 0 fully saturated rings. The second-order valence-electron chi connectivity index (χ2n) is 7.83. The van der Waals surface area contributed by atoms with Crippen LogP contribution in [0.15, 0.2) is 119 Å². The molecule has 37 heavy (non-hydrogen) atoms. The lowest BCUT2D eigenvalue weighted by atomic mass is 10.2. The normalized spacial score (nSPS) is 11.0. The van der Waals surface area contributed by atoms with E-state index < -0.39 is 5.97 Å². The first-order valence-electron chi connectivity index (χ1n) is 11.4. The van der Waals surface area contributed by atoms with E-state index in [9.17, 15) is 4.79 Å². The number of ether oxygens (including phenoxy) is 3. The number of anilines is 2. The number of benzene rings is 4. The number of esters is 1. The predicted molar refractivity (Wildman–Crippen MR) is 151 cm³/mol. The number of rotatable bonds is 10. The molecule has 0 amide bonds. The van der Waals surface area contributed by atoms with Gasteiger partial charge in [0.25, 0.3) is 0 Å². The minimum absolute atomic E-state index is 0.430. The zero-order chi connectivity index (χ0) is 26.0. The fraction of sp³-hybridized carbons (Fsp3) is 0.0690. The van der Waals surface area contributed by atoms with E-state index in [1.54, 1.807) is 6.92 Å². The lowest BCUT2D eigenvalue weighted by Gasteiger charge is -2.15. The van der Waals surface area contributed by atoms with Gasteiger partial charge in [-0.05, 0) is 67.6 Å². The summed E-state index contributed by atoms with van der Waals surface area (Å²) in [7, 11) is 4.37. The first kappa shape index (κ1) is 26.1. The molecule has 0 heterocycles. The van der Waals surface area contributed by atoms with Gasteiger partial charge in [-0.1, -0.05) is 58.0 Å². The average molecular weight is 531 g/mol. The van der Waals surface area contributed by atoms with E-state index in [2.05, 4.69) is 5.32 Å². The van der Waals surface area contributed by atoms with E-state index in [0.29, 0.717) is 22.9 Å². The smallest absolute Gasteiger partial charge is 0.332 e. The van der Waals surface area contributed by atoms with Crippen molar-refractivity contribution in [3.8, 4) is 23.0 Å². The summed E-state index contributed by atoms with van der Waals surface area (Å²) in [6, 6.07) is 30.5. The van der Waals surface area contributed by atoms with Gasteiger partial charge in [0.05, 0.1) is 12.8 Å². The van der Waals surface area contributed by atoms with E-state index in [1.165, 1.54) is 34.8 Å². The van der Waals surface area contributed by atoms with Crippen LogP contribution < -0.4 is 20.5 Å². The summed E-state index contributed by atoms with van der Waals surface area (Å²) in [5.41, 5.74) is 8.38. The molecule has 0 aliphatic carbocycles. The van der Waals surface area contributed by atoms with Gasteiger partial charge in [-0.2, -0.15) is 0 Å². The van der Waals surface area contributed by atoms with Gasteiger partial charge in [0.1, 0.15) is 23.0 Å². The summed E-state index contributed by atoms with van der Waals surface area (Å²) in [6.45, 7) is 1.80. The molecular weight excluding hydrogens is 504 g/mol. The highest BCUT2D eigenvalue weighted by Gasteiger charge is 2.11. The zero-order valence-corrected chi connectivity index (χ0v) is 22.0. The number of hydrogen-bond donors (Lipinski definition) is 2. The SMILES string of the molecule is COC(=O)/C=C(\C)Nc1ccc(Oc2ccccc2)cc1SSc1cc(Oc2ccccc2)ccc1N. The van der Waals surface area contributed by atoms with Crippen molar-refractivity contribution in [2.45, 2.75) is 16.7 Å². The number of nitrogens with two attached hydrogens (primary N) is 1. The Kier molecular flexibility index (Phi) is 9.02. The van der Waals surface area contributed by atoms with E-state index in [1.807, 2.05) is 97.1 Å². The van der Waals surface area contributed by atoms with E-state index >= 15 is 0 Å². The molecule has 0 aliphatic heterocycles. The van der Waals surface area contributed by atoms with Gasteiger partial charge in [0.15, 0.2) is 0 Å². The van der Waals surface area contributed by atoms with E-state index in [4.69, 9.17) is 19.9 Å². The van der Waals surface area contributed by atoms with Gasteiger partial charge in [0, 0.05) is 27.3 Å². The van der Waals surface area contributed by atoms with Crippen molar-refractivity contribution in [1.29, 1.82) is 0 Å². The van der Waals surface area contributed by atoms with Gasteiger partial charge in [-0.15, -0.1) is 0 Å². The van der Waals surface area contributed by atoms with Crippen molar-refractivity contribution in [3.63, 3.8) is 0 Å². The molecular formula is C29H26N2O4S2. The second kappa shape index (κ2) is 12.8. The van der Waals surface area contributed by atoms with Crippen LogP contribution in [0.25, 0.3) is 0 Å². The Labute approximate surface area is 224 Å². The maximum atomic E-state index is 11.7. The molecule has 6 nitrogen and oxygen atoms in total. The Morgan fingerprint density at radius 1 is 0.757 bits per heavy atom. The van der Waals surface area contributed by atoms with Crippen LogP contribution >= 0.6 is 21.6 Å². The minimum Gasteiger partial charge on any atom is -0.466 e. The zero-order valence-electron chi connectivity index (χ0n) is 20.3. The van der Waals surface area contributed by atoms with Gasteiger partial charge >= 0.3 is 5.97 Å². The van der Waals surface area contributed by atoms with Crippen LogP contribution in [0.2, 0.25) is 0 Å². The Bertz CT molecular complexity index is 1380. The van der Waals surface area contributed by atoms with Crippen LogP contribution in [0, 0.1) is 0 Å².